The van der Waals surface area contributed by atoms with Crippen LogP contribution in [0.15, 0.2) is 29.6 Å². The van der Waals surface area contributed by atoms with Crippen molar-refractivity contribution in [1.29, 1.82) is 0 Å². The first kappa shape index (κ1) is 12.1. The van der Waals surface area contributed by atoms with Crippen molar-refractivity contribution in [2.75, 3.05) is 7.11 Å². The SMILES string of the molecule is COc1ccccc1CCc1csc(CN)n1. The van der Waals surface area contributed by atoms with Crippen molar-refractivity contribution in [2.24, 2.45) is 5.73 Å². The lowest BCUT2D eigenvalue weighted by Gasteiger charge is -2.06. The van der Waals surface area contributed by atoms with Gasteiger partial charge < -0.3 is 10.5 Å². The van der Waals surface area contributed by atoms with Gasteiger partial charge in [-0.25, -0.2) is 4.98 Å². The summed E-state index contributed by atoms with van der Waals surface area (Å²) in [6, 6.07) is 8.10. The Labute approximate surface area is 105 Å². The quantitative estimate of drug-likeness (QED) is 0.884. The van der Waals surface area contributed by atoms with Gasteiger partial charge in [-0.3, -0.25) is 0 Å². The highest BCUT2D eigenvalue weighted by Gasteiger charge is 2.04. The Bertz CT molecular complexity index is 482. The summed E-state index contributed by atoms with van der Waals surface area (Å²) in [5.74, 6) is 0.946. The van der Waals surface area contributed by atoms with Gasteiger partial charge in [0.15, 0.2) is 0 Å². The van der Waals surface area contributed by atoms with Gasteiger partial charge in [0, 0.05) is 11.9 Å². The van der Waals surface area contributed by atoms with Crippen LogP contribution >= 0.6 is 11.3 Å². The molecule has 0 atom stereocenters. The molecule has 0 unspecified atom stereocenters. The van der Waals surface area contributed by atoms with Crippen LogP contribution in [-0.2, 0) is 19.4 Å². The summed E-state index contributed by atoms with van der Waals surface area (Å²) in [6.07, 6.45) is 1.87. The Morgan fingerprint density at radius 2 is 2.12 bits per heavy atom. The van der Waals surface area contributed by atoms with Crippen LogP contribution < -0.4 is 10.5 Å². The number of para-hydroxylation sites is 1. The van der Waals surface area contributed by atoms with Crippen molar-refractivity contribution in [3.05, 3.63) is 45.9 Å². The summed E-state index contributed by atoms with van der Waals surface area (Å²) in [4.78, 5) is 4.45. The lowest BCUT2D eigenvalue weighted by Crippen LogP contribution is -1.98. The Hall–Kier alpha value is -1.39. The van der Waals surface area contributed by atoms with E-state index in [1.54, 1.807) is 18.4 Å². The van der Waals surface area contributed by atoms with E-state index in [0.29, 0.717) is 6.54 Å². The molecule has 17 heavy (non-hydrogen) atoms. The van der Waals surface area contributed by atoms with Gasteiger partial charge in [0.2, 0.25) is 0 Å². The molecule has 1 aromatic heterocycles. The number of nitrogens with zero attached hydrogens (tertiary/aromatic N) is 1. The summed E-state index contributed by atoms with van der Waals surface area (Å²) in [7, 11) is 1.70. The molecule has 0 radical (unpaired) electrons. The average molecular weight is 248 g/mol. The maximum Gasteiger partial charge on any atom is 0.122 e. The van der Waals surface area contributed by atoms with Crippen LogP contribution in [-0.4, -0.2) is 12.1 Å². The third kappa shape index (κ3) is 3.05. The maximum atomic E-state index is 5.54. The molecule has 2 rings (SSSR count). The molecule has 0 aliphatic carbocycles. The molecule has 1 aromatic carbocycles. The first-order valence-corrected chi connectivity index (χ1v) is 6.46. The number of rotatable bonds is 5. The standard InChI is InChI=1S/C13H16N2OS/c1-16-12-5-3-2-4-10(12)6-7-11-9-17-13(8-14)15-11/h2-5,9H,6-8,14H2,1H3. The molecule has 0 saturated heterocycles. The van der Waals surface area contributed by atoms with Crippen molar-refractivity contribution in [2.45, 2.75) is 19.4 Å². The van der Waals surface area contributed by atoms with E-state index in [2.05, 4.69) is 16.4 Å². The van der Waals surface area contributed by atoms with Gasteiger partial charge in [0.05, 0.1) is 12.8 Å². The number of thiazole rings is 1. The predicted octanol–water partition coefficient (Wildman–Crippen LogP) is 2.40. The van der Waals surface area contributed by atoms with Crippen molar-refractivity contribution in [3.8, 4) is 5.75 Å². The highest BCUT2D eigenvalue weighted by molar-refractivity contribution is 7.09. The molecule has 90 valence electrons. The summed E-state index contributed by atoms with van der Waals surface area (Å²) < 4.78 is 5.32. The number of nitrogens with two attached hydrogens (primary N) is 1. The van der Waals surface area contributed by atoms with Gasteiger partial charge in [-0.2, -0.15) is 0 Å². The fraction of sp³-hybridized carbons (Fsp3) is 0.308. The third-order valence-electron chi connectivity index (χ3n) is 2.62. The minimum Gasteiger partial charge on any atom is -0.496 e. The summed E-state index contributed by atoms with van der Waals surface area (Å²) in [5, 5.41) is 3.08. The number of hydrogen-bond acceptors (Lipinski definition) is 4. The molecule has 2 aromatic rings. The number of aromatic nitrogens is 1. The largest absolute Gasteiger partial charge is 0.496 e. The first-order chi connectivity index (χ1) is 8.33. The molecule has 4 heteroatoms. The highest BCUT2D eigenvalue weighted by atomic mass is 32.1. The molecule has 3 nitrogen and oxygen atoms in total. The zero-order chi connectivity index (χ0) is 12.1. The van der Waals surface area contributed by atoms with E-state index in [9.17, 15) is 0 Å². The van der Waals surface area contributed by atoms with Crippen LogP contribution in [0.5, 0.6) is 5.75 Å². The molecule has 0 aliphatic rings. The molecule has 0 amide bonds. The zero-order valence-electron chi connectivity index (χ0n) is 9.85. The second kappa shape index (κ2) is 5.80. The van der Waals surface area contributed by atoms with Crippen molar-refractivity contribution in [3.63, 3.8) is 0 Å². The smallest absolute Gasteiger partial charge is 0.122 e. The molecule has 1 heterocycles. The number of aryl methyl sites for hydroxylation is 2. The molecule has 0 bridgehead atoms. The van der Waals surface area contributed by atoms with Crippen LogP contribution in [0, 0.1) is 0 Å². The van der Waals surface area contributed by atoms with E-state index in [4.69, 9.17) is 10.5 Å². The van der Waals surface area contributed by atoms with Gasteiger partial charge in [-0.15, -0.1) is 11.3 Å². The first-order valence-electron chi connectivity index (χ1n) is 5.58. The summed E-state index contributed by atoms with van der Waals surface area (Å²) in [5.41, 5.74) is 7.88. The van der Waals surface area contributed by atoms with E-state index in [1.165, 1.54) is 5.56 Å². The van der Waals surface area contributed by atoms with Crippen LogP contribution in [0.25, 0.3) is 0 Å². The van der Waals surface area contributed by atoms with E-state index < -0.39 is 0 Å². The summed E-state index contributed by atoms with van der Waals surface area (Å²) in [6.45, 7) is 0.527. The molecule has 2 N–H and O–H groups in total. The molecule has 0 saturated carbocycles. The van der Waals surface area contributed by atoms with Crippen LogP contribution in [0.4, 0.5) is 0 Å². The maximum absolute atomic E-state index is 5.54. The average Bonchev–Trinajstić information content (AvgIpc) is 2.84. The summed E-state index contributed by atoms with van der Waals surface area (Å²) >= 11 is 1.63. The van der Waals surface area contributed by atoms with Crippen molar-refractivity contribution < 1.29 is 4.74 Å². The number of benzene rings is 1. The Kier molecular flexibility index (Phi) is 4.12. The van der Waals surface area contributed by atoms with Crippen LogP contribution in [0.2, 0.25) is 0 Å². The number of methoxy groups -OCH3 is 1. The Morgan fingerprint density at radius 3 is 2.82 bits per heavy atom. The normalized spacial score (nSPS) is 10.5. The second-order valence-electron chi connectivity index (χ2n) is 3.75. The third-order valence-corrected chi connectivity index (χ3v) is 3.54. The monoisotopic (exact) mass is 248 g/mol. The number of hydrogen-bond donors (Lipinski definition) is 1. The fourth-order valence-corrected chi connectivity index (χ4v) is 2.44. The Morgan fingerprint density at radius 1 is 1.29 bits per heavy atom. The van der Waals surface area contributed by atoms with E-state index >= 15 is 0 Å². The molecule has 0 fully saturated rings. The van der Waals surface area contributed by atoms with Gasteiger partial charge in [-0.1, -0.05) is 18.2 Å². The van der Waals surface area contributed by atoms with Crippen LogP contribution in [0.3, 0.4) is 0 Å². The highest BCUT2D eigenvalue weighted by Crippen LogP contribution is 2.19. The van der Waals surface area contributed by atoms with E-state index in [0.717, 1.165) is 29.3 Å². The Balaban J connectivity index is 2.01. The van der Waals surface area contributed by atoms with Gasteiger partial charge in [0.25, 0.3) is 0 Å². The van der Waals surface area contributed by atoms with Crippen molar-refractivity contribution in [1.82, 2.24) is 4.98 Å². The van der Waals surface area contributed by atoms with Crippen molar-refractivity contribution >= 4 is 11.3 Å². The molecule has 0 spiro atoms. The second-order valence-corrected chi connectivity index (χ2v) is 4.69. The van der Waals surface area contributed by atoms with Gasteiger partial charge in [0.1, 0.15) is 10.8 Å². The predicted molar refractivity (Wildman–Crippen MR) is 70.4 cm³/mol. The molecular weight excluding hydrogens is 232 g/mol. The van der Waals surface area contributed by atoms with E-state index in [1.807, 2.05) is 18.2 Å². The number of ether oxygens (including phenoxy) is 1. The molecular formula is C13H16N2OS. The van der Waals surface area contributed by atoms with Gasteiger partial charge >= 0.3 is 0 Å². The van der Waals surface area contributed by atoms with E-state index in [-0.39, 0.29) is 0 Å². The molecule has 0 aliphatic heterocycles. The zero-order valence-corrected chi connectivity index (χ0v) is 10.7. The van der Waals surface area contributed by atoms with Gasteiger partial charge in [-0.05, 0) is 24.5 Å². The minimum atomic E-state index is 0.527. The van der Waals surface area contributed by atoms with Crippen LogP contribution in [0.1, 0.15) is 16.3 Å². The fourth-order valence-electron chi connectivity index (χ4n) is 1.73. The minimum absolute atomic E-state index is 0.527. The lowest BCUT2D eigenvalue weighted by molar-refractivity contribution is 0.409. The topological polar surface area (TPSA) is 48.1 Å². The lowest BCUT2D eigenvalue weighted by atomic mass is 10.1.